The molecule has 0 spiro atoms. The minimum Gasteiger partial charge on any atom is -0.459 e. The molecule has 0 saturated carbocycles. The lowest BCUT2D eigenvalue weighted by Crippen LogP contribution is -2.38. The second-order valence-corrected chi connectivity index (χ2v) is 4.45. The van der Waals surface area contributed by atoms with Crippen molar-refractivity contribution < 1.29 is 9.53 Å². The van der Waals surface area contributed by atoms with Gasteiger partial charge in [-0.2, -0.15) is 0 Å². The quantitative estimate of drug-likeness (QED) is 0.414. The van der Waals surface area contributed by atoms with Crippen molar-refractivity contribution in [1.82, 2.24) is 0 Å². The molecular weight excluding hydrogens is 255 g/mol. The Morgan fingerprint density at radius 2 is 2.36 bits per heavy atom. The summed E-state index contributed by atoms with van der Waals surface area (Å²) in [6.07, 6.45) is 1.97. The number of cyclic esters (lactones) is 1. The lowest BCUT2D eigenvalue weighted by Gasteiger charge is -2.33. The van der Waals surface area contributed by atoms with Crippen LogP contribution in [0.2, 0.25) is 0 Å². The Morgan fingerprint density at radius 3 is 2.82 bits per heavy atom. The van der Waals surface area contributed by atoms with Crippen LogP contribution in [0.25, 0.3) is 0 Å². The van der Waals surface area contributed by atoms with Gasteiger partial charge in [-0.05, 0) is 26.7 Å². The van der Waals surface area contributed by atoms with Crippen LogP contribution in [0.5, 0.6) is 0 Å². The second-order valence-electron chi connectivity index (χ2n) is 3.57. The van der Waals surface area contributed by atoms with Crippen molar-refractivity contribution in [2.45, 2.75) is 32.3 Å². The van der Waals surface area contributed by atoms with E-state index in [9.17, 15) is 4.79 Å². The van der Waals surface area contributed by atoms with Crippen molar-refractivity contribution in [2.75, 3.05) is 4.43 Å². The van der Waals surface area contributed by atoms with Gasteiger partial charge in [0, 0.05) is 4.43 Å². The van der Waals surface area contributed by atoms with E-state index in [4.69, 9.17) is 4.74 Å². The smallest absolute Gasteiger partial charge is 0.310 e. The minimum absolute atomic E-state index is 0.0179. The van der Waals surface area contributed by atoms with Gasteiger partial charge >= 0.3 is 5.97 Å². The molecule has 64 valence electrons. The lowest BCUT2D eigenvalue weighted by molar-refractivity contribution is -0.168. The molecule has 0 aromatic carbocycles. The predicted octanol–water partition coefficient (Wildman–Crippen LogP) is 2.15. The number of hydrogen-bond acceptors (Lipinski definition) is 2. The molecule has 1 saturated heterocycles. The summed E-state index contributed by atoms with van der Waals surface area (Å²) >= 11 is 2.23. The highest BCUT2D eigenvalue weighted by molar-refractivity contribution is 14.1. The maximum Gasteiger partial charge on any atom is 0.310 e. The Balaban J connectivity index is 2.55. The zero-order valence-electron chi connectivity index (χ0n) is 6.89. The molecule has 0 N–H and O–H groups in total. The molecule has 1 rings (SSSR count). The van der Waals surface area contributed by atoms with Gasteiger partial charge in [-0.1, -0.05) is 22.6 Å². The molecule has 2 nitrogen and oxygen atoms in total. The third-order valence-electron chi connectivity index (χ3n) is 1.99. The zero-order chi connectivity index (χ0) is 8.48. The summed E-state index contributed by atoms with van der Waals surface area (Å²) in [5.74, 6) is 0.124. The standard InChI is InChI=1S/C8H13IO2/c1-8(2)4-3-6(5-9)7(10)11-8/h6H,3-5H2,1-2H3. The van der Waals surface area contributed by atoms with E-state index in [1.54, 1.807) is 0 Å². The molecule has 0 radical (unpaired) electrons. The molecule has 1 heterocycles. The lowest BCUT2D eigenvalue weighted by atomic mass is 9.92. The molecule has 11 heavy (non-hydrogen) atoms. The van der Waals surface area contributed by atoms with Crippen molar-refractivity contribution >= 4 is 28.6 Å². The van der Waals surface area contributed by atoms with Gasteiger partial charge in [0.25, 0.3) is 0 Å². The van der Waals surface area contributed by atoms with Crippen LogP contribution >= 0.6 is 22.6 Å². The molecule has 0 aliphatic carbocycles. The normalized spacial score (nSPS) is 29.7. The van der Waals surface area contributed by atoms with Crippen LogP contribution in [0.4, 0.5) is 0 Å². The number of carbonyl (C=O) groups is 1. The van der Waals surface area contributed by atoms with Crippen molar-refractivity contribution in [3.63, 3.8) is 0 Å². The monoisotopic (exact) mass is 268 g/mol. The summed E-state index contributed by atoms with van der Waals surface area (Å²) < 4.78 is 6.12. The maximum absolute atomic E-state index is 11.2. The first-order valence-electron chi connectivity index (χ1n) is 3.84. The first-order chi connectivity index (χ1) is 5.05. The van der Waals surface area contributed by atoms with Crippen LogP contribution in [0.15, 0.2) is 0 Å². The SMILES string of the molecule is CC1(C)CCC(CI)C(=O)O1. The van der Waals surface area contributed by atoms with E-state index >= 15 is 0 Å². The first kappa shape index (κ1) is 9.29. The summed E-state index contributed by atoms with van der Waals surface area (Å²) in [6.45, 7) is 3.93. The van der Waals surface area contributed by atoms with Gasteiger partial charge in [-0.25, -0.2) is 0 Å². The summed E-state index contributed by atoms with van der Waals surface area (Å²) in [5, 5.41) is 0. The van der Waals surface area contributed by atoms with E-state index in [0.29, 0.717) is 0 Å². The fourth-order valence-electron chi connectivity index (χ4n) is 1.19. The predicted molar refractivity (Wildman–Crippen MR) is 51.8 cm³/mol. The summed E-state index contributed by atoms with van der Waals surface area (Å²) in [4.78, 5) is 11.2. The fraction of sp³-hybridized carbons (Fsp3) is 0.875. The van der Waals surface area contributed by atoms with Crippen LogP contribution in [-0.4, -0.2) is 16.0 Å². The summed E-state index contributed by atoms with van der Waals surface area (Å²) in [7, 11) is 0. The molecule has 0 aromatic heterocycles. The van der Waals surface area contributed by atoms with Crippen molar-refractivity contribution in [3.8, 4) is 0 Å². The van der Waals surface area contributed by atoms with Crippen LogP contribution in [0, 0.1) is 5.92 Å². The molecule has 0 aromatic rings. The molecule has 1 aliphatic heterocycles. The number of rotatable bonds is 1. The van der Waals surface area contributed by atoms with E-state index in [0.717, 1.165) is 17.3 Å². The molecule has 0 amide bonds. The third kappa shape index (κ3) is 2.32. The second kappa shape index (κ2) is 3.29. The molecule has 0 bridgehead atoms. The van der Waals surface area contributed by atoms with E-state index in [1.807, 2.05) is 13.8 Å². The Kier molecular flexibility index (Phi) is 2.78. The van der Waals surface area contributed by atoms with Gasteiger partial charge in [0.05, 0.1) is 5.92 Å². The van der Waals surface area contributed by atoms with Gasteiger partial charge in [-0.15, -0.1) is 0 Å². The maximum atomic E-state index is 11.2. The highest BCUT2D eigenvalue weighted by Gasteiger charge is 2.33. The van der Waals surface area contributed by atoms with Crippen molar-refractivity contribution in [2.24, 2.45) is 5.92 Å². The molecule has 1 aliphatic rings. The van der Waals surface area contributed by atoms with E-state index in [2.05, 4.69) is 22.6 Å². The van der Waals surface area contributed by atoms with Crippen LogP contribution in [0.1, 0.15) is 26.7 Å². The number of carbonyl (C=O) groups excluding carboxylic acids is 1. The first-order valence-corrected chi connectivity index (χ1v) is 5.36. The largest absolute Gasteiger partial charge is 0.459 e. The number of alkyl halides is 1. The van der Waals surface area contributed by atoms with Gasteiger partial charge in [0.2, 0.25) is 0 Å². The minimum atomic E-state index is -0.223. The van der Waals surface area contributed by atoms with Crippen LogP contribution < -0.4 is 0 Å². The average Bonchev–Trinajstić information content (AvgIpc) is 1.86. The topological polar surface area (TPSA) is 26.3 Å². The molecule has 1 unspecified atom stereocenters. The van der Waals surface area contributed by atoms with E-state index in [-0.39, 0.29) is 17.5 Å². The Hall–Kier alpha value is 0.200. The highest BCUT2D eigenvalue weighted by Crippen LogP contribution is 2.29. The number of ether oxygens (including phenoxy) is 1. The Morgan fingerprint density at radius 1 is 1.73 bits per heavy atom. The Labute approximate surface area is 80.8 Å². The summed E-state index contributed by atoms with van der Waals surface area (Å²) in [5.41, 5.74) is -0.223. The zero-order valence-corrected chi connectivity index (χ0v) is 9.05. The van der Waals surface area contributed by atoms with Gasteiger partial charge in [0.1, 0.15) is 5.60 Å². The van der Waals surface area contributed by atoms with E-state index in [1.165, 1.54) is 0 Å². The van der Waals surface area contributed by atoms with Crippen molar-refractivity contribution in [1.29, 1.82) is 0 Å². The van der Waals surface area contributed by atoms with Gasteiger partial charge in [-0.3, -0.25) is 4.79 Å². The van der Waals surface area contributed by atoms with Crippen LogP contribution in [0.3, 0.4) is 0 Å². The number of hydrogen-bond donors (Lipinski definition) is 0. The molecule has 3 heteroatoms. The third-order valence-corrected chi connectivity index (χ3v) is 3.05. The number of halogens is 1. The van der Waals surface area contributed by atoms with Crippen molar-refractivity contribution in [3.05, 3.63) is 0 Å². The van der Waals surface area contributed by atoms with E-state index < -0.39 is 0 Å². The van der Waals surface area contributed by atoms with Crippen LogP contribution in [-0.2, 0) is 9.53 Å². The fourth-order valence-corrected chi connectivity index (χ4v) is 1.99. The van der Waals surface area contributed by atoms with Gasteiger partial charge in [0.15, 0.2) is 0 Å². The summed E-state index contributed by atoms with van der Waals surface area (Å²) in [6, 6.07) is 0. The molecule has 1 atom stereocenters. The Bertz CT molecular complexity index is 165. The number of esters is 1. The molecular formula is C8H13IO2. The highest BCUT2D eigenvalue weighted by atomic mass is 127. The molecule has 1 fully saturated rings. The van der Waals surface area contributed by atoms with Gasteiger partial charge < -0.3 is 4.74 Å². The average molecular weight is 268 g/mol.